The van der Waals surface area contributed by atoms with E-state index in [1.165, 1.54) is 0 Å². The highest BCUT2D eigenvalue weighted by atomic mass is 16.2. The Balaban J connectivity index is 0.000000107. The summed E-state index contributed by atoms with van der Waals surface area (Å²) in [4.78, 5) is 151. The largest absolute Gasteiger partial charge is 0.335 e. The molecule has 146 heavy (non-hydrogen) atoms. The number of nitrogens with zero attached hydrogens (tertiary/aromatic N) is 24. The number of H-pyrrole nitrogens is 8. The van der Waals surface area contributed by atoms with Crippen LogP contribution in [0.5, 0.6) is 0 Å². The molecule has 0 unspecified atom stereocenters. The molecule has 40 nitrogen and oxygen atoms in total. The molecule has 0 aliphatic heterocycles. The molecule has 0 radical (unpaired) electrons. The van der Waals surface area contributed by atoms with Crippen molar-refractivity contribution in [1.29, 1.82) is 0 Å². The number of nitrogens with one attached hydrogen (secondary N) is 12. The topological polar surface area (TPSA) is 552 Å². The zero-order valence-corrected chi connectivity index (χ0v) is 78.0. The average molecular weight is 1930 g/mol. The average Bonchev–Trinajstić information content (AvgIpc) is 1.63. The molecule has 0 atom stereocenters. The third kappa shape index (κ3) is 18.8. The van der Waals surface area contributed by atoms with Crippen molar-refractivity contribution in [3.05, 3.63) is 271 Å². The molecule has 2 aliphatic carbocycles. The van der Waals surface area contributed by atoms with Gasteiger partial charge in [-0.25, -0.2) is 39.9 Å². The van der Waals surface area contributed by atoms with Gasteiger partial charge in [-0.2, -0.15) is 20.4 Å². The summed E-state index contributed by atoms with van der Waals surface area (Å²) in [6.45, 7) is 4.03. The van der Waals surface area contributed by atoms with Crippen molar-refractivity contribution in [3.8, 4) is 135 Å². The fourth-order valence-corrected chi connectivity index (χ4v) is 17.3. The van der Waals surface area contributed by atoms with E-state index in [1.807, 2.05) is 104 Å². The summed E-state index contributed by atoms with van der Waals surface area (Å²) in [6.07, 6.45) is 57.3. The van der Waals surface area contributed by atoms with Gasteiger partial charge in [0.05, 0.1) is 138 Å². The van der Waals surface area contributed by atoms with Crippen molar-refractivity contribution in [2.75, 3.05) is 21.3 Å². The molecule has 0 bridgehead atoms. The van der Waals surface area contributed by atoms with E-state index in [9.17, 15) is 19.2 Å². The fourth-order valence-electron chi connectivity index (χ4n) is 17.3. The maximum atomic E-state index is 12.4. The number of rotatable bonds is 23. The maximum absolute atomic E-state index is 12.4. The van der Waals surface area contributed by atoms with Gasteiger partial charge in [0.2, 0.25) is 23.6 Å². The molecule has 24 aromatic heterocycles. The predicted octanol–water partition coefficient (Wildman–Crippen LogP) is 19.0. The molecule has 12 N–H and O–H groups in total. The second kappa shape index (κ2) is 39.7. The molecule has 40 heteroatoms. The quantitative estimate of drug-likeness (QED) is 0.0283. The maximum Gasteiger partial charge on any atom is 0.227 e. The number of hydrogen-bond acceptors (Lipinski definition) is 28. The number of aromatic amines is 8. The number of anilines is 4. The van der Waals surface area contributed by atoms with Crippen molar-refractivity contribution in [3.63, 3.8) is 0 Å². The second-order valence-electron chi connectivity index (χ2n) is 35.1. The lowest BCUT2D eigenvalue weighted by molar-refractivity contribution is -0.122. The van der Waals surface area contributed by atoms with E-state index in [0.29, 0.717) is 81.5 Å². The van der Waals surface area contributed by atoms with Crippen LogP contribution in [-0.4, -0.2) is 184 Å². The van der Waals surface area contributed by atoms with Gasteiger partial charge >= 0.3 is 0 Å². The van der Waals surface area contributed by atoms with E-state index in [1.54, 1.807) is 174 Å². The lowest BCUT2D eigenvalue weighted by atomic mass is 9.85. The number of pyridine rings is 16. The van der Waals surface area contributed by atoms with Gasteiger partial charge in [-0.15, -0.1) is 0 Å². The summed E-state index contributed by atoms with van der Waals surface area (Å²) in [5.74, 6) is 2.82. The number of amides is 4. The first-order chi connectivity index (χ1) is 71.8. The van der Waals surface area contributed by atoms with E-state index >= 15 is 0 Å². The Morgan fingerprint density at radius 3 is 0.815 bits per heavy atom. The highest BCUT2D eigenvalue weighted by Gasteiger charge is 2.31. The summed E-state index contributed by atoms with van der Waals surface area (Å²) in [5.41, 5.74) is 28.7. The molecule has 2 fully saturated rings. The van der Waals surface area contributed by atoms with E-state index < -0.39 is 0 Å². The number of fused-ring (bicyclic) bond motifs is 8. The molecular formula is C106H84N36O4. The third-order valence-electron chi connectivity index (χ3n) is 25.2. The predicted molar refractivity (Wildman–Crippen MR) is 552 cm³/mol. The summed E-state index contributed by atoms with van der Waals surface area (Å²) < 4.78 is 0. The van der Waals surface area contributed by atoms with Crippen LogP contribution in [0, 0.1) is 11.8 Å². The van der Waals surface area contributed by atoms with Gasteiger partial charge in [-0.05, 0) is 158 Å². The number of carbonyl (C=O) groups excluding carboxylic acids is 4. The van der Waals surface area contributed by atoms with Gasteiger partial charge in [0.25, 0.3) is 0 Å². The zero-order valence-electron chi connectivity index (χ0n) is 78.0. The van der Waals surface area contributed by atoms with Gasteiger partial charge in [0.1, 0.15) is 22.8 Å². The zero-order chi connectivity index (χ0) is 98.5. The Kier molecular flexibility index (Phi) is 24.5. The van der Waals surface area contributed by atoms with E-state index in [4.69, 9.17) is 19.9 Å². The Hall–Kier alpha value is -20.0. The molecule has 26 rings (SSSR count). The number of unbranched alkanes of at least 4 members (excludes halogenated alkanes) is 1. The van der Waals surface area contributed by atoms with Crippen LogP contribution in [0.1, 0.15) is 78.1 Å². The Bertz CT molecular complexity index is 9020. The van der Waals surface area contributed by atoms with Crippen LogP contribution in [0.25, 0.3) is 223 Å². The monoisotopic (exact) mass is 1920 g/mol. The van der Waals surface area contributed by atoms with Gasteiger partial charge < -0.3 is 41.2 Å². The first-order valence-electron chi connectivity index (χ1n) is 47.2. The lowest BCUT2D eigenvalue weighted by Gasteiger charge is -2.24. The van der Waals surface area contributed by atoms with Gasteiger partial charge in [-0.1, -0.05) is 26.7 Å². The van der Waals surface area contributed by atoms with Crippen LogP contribution >= 0.6 is 0 Å². The Labute approximate surface area is 826 Å². The van der Waals surface area contributed by atoms with Gasteiger partial charge in [-0.3, -0.25) is 99.4 Å². The summed E-state index contributed by atoms with van der Waals surface area (Å²) >= 11 is 0. The highest BCUT2D eigenvalue weighted by molar-refractivity contribution is 6.04. The van der Waals surface area contributed by atoms with E-state index in [-0.39, 0.29) is 35.5 Å². The number of imidazole rings is 4. The van der Waals surface area contributed by atoms with Crippen molar-refractivity contribution < 1.29 is 19.2 Å². The van der Waals surface area contributed by atoms with Crippen molar-refractivity contribution >= 4 is 135 Å². The summed E-state index contributed by atoms with van der Waals surface area (Å²) in [5, 5.41) is 44.8. The minimum atomic E-state index is -0.0346. The summed E-state index contributed by atoms with van der Waals surface area (Å²) in [6, 6.07) is 31.1. The molecule has 0 saturated heterocycles. The molecule has 24 heterocycles. The minimum Gasteiger partial charge on any atom is -0.335 e. The SMILES string of the molecule is CCCC(=O)Nc1cncc(-c2cnc3n[nH]c(-c4nc5c(-c6ccncc6)cncc5[nH]4)c3c2)c1.CCCCC(=O)Nc1cncc(-c2cnc3n[nH]c(-c4nc5c(-c6ccncc6)cncc5[nH]4)c3c2)c1.O=C(Nc1cncc(-c2cnc3n[nH]c(-c4nc5c(-c6ccncc6)cncc5[nH]4)c3c2)c1)C1CC1.O=C(Nc1cncc(-c2cnc3n[nH]c(-c4nc5c(-c6ccncc6)cncc5[nH]4)c3c2)c1)C1CCC1. The first kappa shape index (κ1) is 89.9. The minimum absolute atomic E-state index is 0.0167. The van der Waals surface area contributed by atoms with Crippen molar-refractivity contribution in [2.45, 2.75) is 78.1 Å². The van der Waals surface area contributed by atoms with Crippen LogP contribution in [-0.2, 0) is 19.2 Å². The van der Waals surface area contributed by atoms with Gasteiger partial charge in [0, 0.05) is 215 Å². The van der Waals surface area contributed by atoms with E-state index in [0.717, 1.165) is 229 Å². The molecule has 0 aromatic carbocycles. The van der Waals surface area contributed by atoms with Crippen LogP contribution in [0.15, 0.2) is 271 Å². The van der Waals surface area contributed by atoms with Crippen LogP contribution in [0.3, 0.4) is 0 Å². The van der Waals surface area contributed by atoms with Crippen molar-refractivity contribution in [2.24, 2.45) is 11.8 Å². The third-order valence-corrected chi connectivity index (χ3v) is 25.2. The normalized spacial score (nSPS) is 12.4. The van der Waals surface area contributed by atoms with Crippen LogP contribution in [0.2, 0.25) is 0 Å². The number of hydrogen-bond donors (Lipinski definition) is 12. The molecule has 0 spiro atoms. The molecule has 712 valence electrons. The van der Waals surface area contributed by atoms with Crippen LogP contribution < -0.4 is 21.3 Å². The first-order valence-corrected chi connectivity index (χ1v) is 47.2. The smallest absolute Gasteiger partial charge is 0.227 e. The van der Waals surface area contributed by atoms with Crippen LogP contribution in [0.4, 0.5) is 22.7 Å². The molecule has 4 amide bonds. The Morgan fingerprint density at radius 1 is 0.281 bits per heavy atom. The van der Waals surface area contributed by atoms with E-state index in [2.05, 4.69) is 169 Å². The highest BCUT2D eigenvalue weighted by Crippen LogP contribution is 2.41. The molecular weight excluding hydrogens is 1840 g/mol. The molecule has 24 aromatic rings. The van der Waals surface area contributed by atoms with Gasteiger partial charge in [0.15, 0.2) is 45.9 Å². The lowest BCUT2D eigenvalue weighted by Crippen LogP contribution is -2.28. The Morgan fingerprint density at radius 2 is 0.548 bits per heavy atom. The number of aromatic nitrogens is 32. The standard InChI is InChI=1S/C27H21N9O.C27H23N9O.C26H19N9O.C26H21N9O/c37-27(16-2-1-3-16)32-19-8-17(10-29-12-19)18-9-20-24(35-36-25(20)31-11-18)26-33-22-14-30-13-21(23(22)34-26)15-4-6-28-7-5-15;1-2-3-4-23(37)32-19-9-17(11-29-13-19)18-10-20-25(35-36-26(20)31-12-18)27-33-22-15-30-14-21(24(22)34-27)16-5-7-28-8-6-16;36-26(15-1-2-15)31-18-7-16(9-28-11-18)17-8-19-23(34-35-24(19)30-10-17)25-32-21-13-29-12-20(22(21)33-25)14-3-5-27-6-4-14;1-2-3-22(36)31-18-8-16(10-28-12-18)17-9-19-24(34-35-25(19)30-11-17)26-32-21-14-29-13-20(23(21)33-26)15-4-6-27-7-5-15/h4-14,16H,1-3H2,(H,32,37)(H,33,34)(H,31,35,36);5-15H,2-4H2,1H3,(H,32,37)(H,33,34)(H,31,35,36);3-13,15H,1-2H2,(H,31,36)(H,32,33)(H,30,34,35);4-14H,2-3H2,1H3,(H,31,36)(H,32,33)(H,30,34,35). The molecule has 2 aliphatic rings. The second-order valence-corrected chi connectivity index (χ2v) is 35.1. The van der Waals surface area contributed by atoms with Crippen molar-refractivity contribution in [1.82, 2.24) is 160 Å². The summed E-state index contributed by atoms with van der Waals surface area (Å²) in [7, 11) is 0. The molecule has 2 saturated carbocycles. The fraction of sp³-hybridized carbons (Fsp3) is 0.132. The number of carbonyl (C=O) groups is 4.